The lowest BCUT2D eigenvalue weighted by molar-refractivity contribution is 0.0904. The quantitative estimate of drug-likeness (QED) is 0.600. The predicted octanol–water partition coefficient (Wildman–Crippen LogP) is 1.92. The first-order valence-electron chi connectivity index (χ1n) is 4.61. The van der Waals surface area contributed by atoms with E-state index in [0.717, 1.165) is 5.56 Å². The molecule has 3 heteroatoms. The molecule has 0 aliphatic heterocycles. The highest BCUT2D eigenvalue weighted by Gasteiger charge is 2.03. The van der Waals surface area contributed by atoms with Crippen LogP contribution in [-0.4, -0.2) is 23.7 Å². The molecule has 15 heavy (non-hydrogen) atoms. The Bertz CT molecular complexity index is 391. The number of rotatable bonds is 4. The molecular formula is C12H13NO2. The van der Waals surface area contributed by atoms with Crippen molar-refractivity contribution in [3.05, 3.63) is 42.0 Å². The van der Waals surface area contributed by atoms with Crippen LogP contribution in [0, 0.1) is 0 Å². The van der Waals surface area contributed by atoms with E-state index < -0.39 is 6.61 Å². The van der Waals surface area contributed by atoms with Gasteiger partial charge >= 0.3 is 0 Å². The maximum Gasteiger partial charge on any atom is 0.188 e. The lowest BCUT2D eigenvalue weighted by Crippen LogP contribution is -2.03. The Balaban J connectivity index is 2.90. The van der Waals surface area contributed by atoms with E-state index in [1.54, 1.807) is 30.5 Å². The summed E-state index contributed by atoms with van der Waals surface area (Å²) in [4.78, 5) is 15.2. The summed E-state index contributed by atoms with van der Waals surface area (Å²) in [6.45, 7) is 5.13. The van der Waals surface area contributed by atoms with Crippen LogP contribution in [0.5, 0.6) is 0 Å². The zero-order chi connectivity index (χ0) is 11.3. The van der Waals surface area contributed by atoms with Gasteiger partial charge in [-0.25, -0.2) is 0 Å². The highest BCUT2D eigenvalue weighted by molar-refractivity contribution is 5.97. The van der Waals surface area contributed by atoms with Gasteiger partial charge in [-0.2, -0.15) is 0 Å². The third-order valence-electron chi connectivity index (χ3n) is 1.97. The van der Waals surface area contributed by atoms with Crippen molar-refractivity contribution in [3.63, 3.8) is 0 Å². The van der Waals surface area contributed by atoms with Crippen LogP contribution in [0.3, 0.4) is 0 Å². The van der Waals surface area contributed by atoms with Crippen LogP contribution in [-0.2, 0) is 0 Å². The fourth-order valence-electron chi connectivity index (χ4n) is 1.17. The van der Waals surface area contributed by atoms with Crippen LogP contribution in [0.25, 0.3) is 5.70 Å². The Kier molecular flexibility index (Phi) is 3.94. The van der Waals surface area contributed by atoms with Gasteiger partial charge in [-0.15, -0.1) is 0 Å². The van der Waals surface area contributed by atoms with Gasteiger partial charge in [-0.05, 0) is 12.5 Å². The third-order valence-corrected chi connectivity index (χ3v) is 1.97. The minimum absolute atomic E-state index is 0.286. The summed E-state index contributed by atoms with van der Waals surface area (Å²) in [5.74, 6) is -0.286. The second kappa shape index (κ2) is 5.22. The smallest absolute Gasteiger partial charge is 0.188 e. The molecule has 0 aromatic heterocycles. The van der Waals surface area contributed by atoms with E-state index >= 15 is 0 Å². The molecule has 1 N–H and O–H groups in total. The van der Waals surface area contributed by atoms with Crippen molar-refractivity contribution in [2.75, 3.05) is 6.61 Å². The molecular weight excluding hydrogens is 190 g/mol. The minimum atomic E-state index is -0.465. The van der Waals surface area contributed by atoms with Gasteiger partial charge in [0.1, 0.15) is 6.61 Å². The Morgan fingerprint density at radius 2 is 1.93 bits per heavy atom. The van der Waals surface area contributed by atoms with E-state index in [0.29, 0.717) is 11.3 Å². The van der Waals surface area contributed by atoms with Crippen molar-refractivity contribution in [2.45, 2.75) is 6.92 Å². The van der Waals surface area contributed by atoms with Crippen molar-refractivity contribution in [1.82, 2.24) is 0 Å². The number of nitrogens with zero attached hydrogens (tertiary/aromatic N) is 1. The van der Waals surface area contributed by atoms with Gasteiger partial charge in [0, 0.05) is 11.8 Å². The van der Waals surface area contributed by atoms with Crippen molar-refractivity contribution < 1.29 is 9.90 Å². The fraction of sp³-hybridized carbons (Fsp3) is 0.167. The average Bonchev–Trinajstić information content (AvgIpc) is 2.28. The normalized spacial score (nSPS) is 10.5. The molecule has 0 amide bonds. The SMILES string of the molecule is C=C(N=CC)c1ccc(C(=O)CO)cc1. The lowest BCUT2D eigenvalue weighted by Gasteiger charge is -2.01. The Labute approximate surface area is 88.8 Å². The Morgan fingerprint density at radius 1 is 1.40 bits per heavy atom. The van der Waals surface area contributed by atoms with Gasteiger partial charge in [0.25, 0.3) is 0 Å². The molecule has 1 aromatic carbocycles. The highest BCUT2D eigenvalue weighted by atomic mass is 16.3. The second-order valence-corrected chi connectivity index (χ2v) is 2.99. The van der Waals surface area contributed by atoms with Gasteiger partial charge in [0.2, 0.25) is 0 Å². The van der Waals surface area contributed by atoms with Gasteiger partial charge in [0.15, 0.2) is 5.78 Å². The predicted molar refractivity (Wildman–Crippen MR) is 61.1 cm³/mol. The molecule has 0 fully saturated rings. The van der Waals surface area contributed by atoms with Crippen LogP contribution in [0.15, 0.2) is 35.8 Å². The molecule has 1 aromatic rings. The van der Waals surface area contributed by atoms with Crippen molar-refractivity contribution in [2.24, 2.45) is 4.99 Å². The molecule has 0 saturated heterocycles. The molecule has 0 aliphatic carbocycles. The van der Waals surface area contributed by atoms with E-state index in [1.165, 1.54) is 0 Å². The maximum atomic E-state index is 11.1. The van der Waals surface area contributed by atoms with Crippen molar-refractivity contribution in [3.8, 4) is 0 Å². The number of hydrogen-bond donors (Lipinski definition) is 1. The molecule has 0 unspecified atom stereocenters. The summed E-state index contributed by atoms with van der Waals surface area (Å²) in [7, 11) is 0. The molecule has 0 bridgehead atoms. The molecule has 3 nitrogen and oxygen atoms in total. The molecule has 1 rings (SSSR count). The van der Waals surface area contributed by atoms with Crippen LogP contribution in [0.2, 0.25) is 0 Å². The summed E-state index contributed by atoms with van der Waals surface area (Å²) in [5, 5.41) is 8.66. The topological polar surface area (TPSA) is 49.7 Å². The number of carbonyl (C=O) groups is 1. The maximum absolute atomic E-state index is 11.1. The zero-order valence-corrected chi connectivity index (χ0v) is 8.60. The molecule has 78 valence electrons. The lowest BCUT2D eigenvalue weighted by atomic mass is 10.1. The van der Waals surface area contributed by atoms with Crippen LogP contribution < -0.4 is 0 Å². The Morgan fingerprint density at radius 3 is 2.40 bits per heavy atom. The first-order chi connectivity index (χ1) is 7.19. The Hall–Kier alpha value is -1.74. The standard InChI is InChI=1S/C12H13NO2/c1-3-13-9(2)10-4-6-11(7-5-10)12(15)8-14/h3-7,14H,2,8H2,1H3. The van der Waals surface area contributed by atoms with E-state index in [-0.39, 0.29) is 5.78 Å². The number of aliphatic hydroxyl groups is 1. The van der Waals surface area contributed by atoms with E-state index in [9.17, 15) is 4.79 Å². The minimum Gasteiger partial charge on any atom is -0.388 e. The number of ketones is 1. The first-order valence-corrected chi connectivity index (χ1v) is 4.61. The zero-order valence-electron chi connectivity index (χ0n) is 8.60. The fourth-order valence-corrected chi connectivity index (χ4v) is 1.17. The molecule has 0 spiro atoms. The number of aliphatic hydroxyl groups excluding tert-OH is 1. The summed E-state index contributed by atoms with van der Waals surface area (Å²) in [6, 6.07) is 6.84. The van der Waals surface area contributed by atoms with E-state index in [2.05, 4.69) is 11.6 Å². The highest BCUT2D eigenvalue weighted by Crippen LogP contribution is 2.14. The largest absolute Gasteiger partial charge is 0.388 e. The molecule has 0 aliphatic rings. The number of hydrogen-bond acceptors (Lipinski definition) is 3. The summed E-state index contributed by atoms with van der Waals surface area (Å²) < 4.78 is 0. The number of aliphatic imine (C=N–C) groups is 1. The third kappa shape index (κ3) is 2.86. The van der Waals surface area contributed by atoms with Crippen LogP contribution in [0.1, 0.15) is 22.8 Å². The van der Waals surface area contributed by atoms with Crippen molar-refractivity contribution >= 4 is 17.7 Å². The monoisotopic (exact) mass is 203 g/mol. The van der Waals surface area contributed by atoms with Crippen molar-refractivity contribution in [1.29, 1.82) is 0 Å². The first kappa shape index (κ1) is 11.3. The van der Waals surface area contributed by atoms with E-state index in [4.69, 9.17) is 5.11 Å². The summed E-state index contributed by atoms with van der Waals surface area (Å²) in [5.41, 5.74) is 2.01. The summed E-state index contributed by atoms with van der Waals surface area (Å²) >= 11 is 0. The average molecular weight is 203 g/mol. The van der Waals surface area contributed by atoms with Gasteiger partial charge in [-0.1, -0.05) is 30.8 Å². The van der Waals surface area contributed by atoms with Gasteiger partial charge in [0.05, 0.1) is 5.70 Å². The van der Waals surface area contributed by atoms with Crippen LogP contribution >= 0.6 is 0 Å². The number of Topliss-reactive ketones (excluding diaryl/α,β-unsaturated/α-hetero) is 1. The summed E-state index contributed by atoms with van der Waals surface area (Å²) in [6.07, 6.45) is 1.66. The van der Waals surface area contributed by atoms with E-state index in [1.807, 2.05) is 6.92 Å². The second-order valence-electron chi connectivity index (χ2n) is 2.99. The van der Waals surface area contributed by atoms with Crippen LogP contribution in [0.4, 0.5) is 0 Å². The molecule has 0 radical (unpaired) electrons. The van der Waals surface area contributed by atoms with Gasteiger partial charge < -0.3 is 5.11 Å². The number of carbonyl (C=O) groups excluding carboxylic acids is 1. The number of benzene rings is 1. The molecule has 0 heterocycles. The van der Waals surface area contributed by atoms with Gasteiger partial charge in [-0.3, -0.25) is 9.79 Å². The molecule has 0 atom stereocenters. The molecule has 0 saturated carbocycles.